The predicted molar refractivity (Wildman–Crippen MR) is 81.8 cm³/mol. The summed E-state index contributed by atoms with van der Waals surface area (Å²) >= 11 is 0. The minimum atomic E-state index is 0.466. The summed E-state index contributed by atoms with van der Waals surface area (Å²) in [6.45, 7) is 8.29. The van der Waals surface area contributed by atoms with Crippen molar-refractivity contribution in [1.82, 2.24) is 39.3 Å². The van der Waals surface area contributed by atoms with Gasteiger partial charge < -0.3 is 0 Å². The number of piperazine rings is 1. The zero-order valence-corrected chi connectivity index (χ0v) is 13.7. The van der Waals surface area contributed by atoms with Crippen molar-refractivity contribution in [3.05, 3.63) is 24.3 Å². The van der Waals surface area contributed by atoms with Crippen LogP contribution in [-0.4, -0.2) is 64.5 Å². The van der Waals surface area contributed by atoms with Crippen molar-refractivity contribution in [2.45, 2.75) is 39.0 Å². The molecule has 1 saturated heterocycles. The number of hydrogen-bond donors (Lipinski definition) is 0. The number of aryl methyl sites for hydroxylation is 2. The van der Waals surface area contributed by atoms with Crippen molar-refractivity contribution in [2.75, 3.05) is 13.1 Å². The molecule has 0 amide bonds. The molecule has 0 N–H and O–H groups in total. The van der Waals surface area contributed by atoms with E-state index >= 15 is 0 Å². The molecule has 8 nitrogen and oxygen atoms in total. The highest BCUT2D eigenvalue weighted by atomic mass is 15.4. The Balaban J connectivity index is 1.64. The molecule has 120 valence electrons. The minimum absolute atomic E-state index is 0.466. The molecule has 0 spiro atoms. The lowest BCUT2D eigenvalue weighted by Gasteiger charge is -2.44. The lowest BCUT2D eigenvalue weighted by atomic mass is 10.1. The van der Waals surface area contributed by atoms with E-state index in [2.05, 4.69) is 43.8 Å². The van der Waals surface area contributed by atoms with Gasteiger partial charge in [-0.25, -0.2) is 9.97 Å². The molecule has 0 saturated carbocycles. The van der Waals surface area contributed by atoms with E-state index in [1.165, 1.54) is 0 Å². The van der Waals surface area contributed by atoms with Crippen molar-refractivity contribution >= 4 is 0 Å². The van der Waals surface area contributed by atoms with Crippen LogP contribution < -0.4 is 0 Å². The quantitative estimate of drug-likeness (QED) is 0.794. The summed E-state index contributed by atoms with van der Waals surface area (Å²) in [6, 6.07) is 0.933. The van der Waals surface area contributed by atoms with E-state index in [1.807, 2.05) is 23.5 Å². The first-order valence-corrected chi connectivity index (χ1v) is 7.68. The van der Waals surface area contributed by atoms with Crippen LogP contribution in [0, 0.1) is 0 Å². The van der Waals surface area contributed by atoms with Crippen LogP contribution in [0.5, 0.6) is 0 Å². The fourth-order valence-corrected chi connectivity index (χ4v) is 3.20. The molecule has 2 atom stereocenters. The Hall–Kier alpha value is -1.80. The van der Waals surface area contributed by atoms with Gasteiger partial charge in [0.15, 0.2) is 0 Å². The molecule has 1 aliphatic rings. The van der Waals surface area contributed by atoms with Gasteiger partial charge in [0.25, 0.3) is 0 Å². The number of aromatic nitrogens is 6. The summed E-state index contributed by atoms with van der Waals surface area (Å²) in [5.41, 5.74) is 0. The molecule has 2 aromatic rings. The van der Waals surface area contributed by atoms with E-state index in [-0.39, 0.29) is 0 Å². The molecular formula is C14H24N8. The lowest BCUT2D eigenvalue weighted by Crippen LogP contribution is -2.56. The van der Waals surface area contributed by atoms with Gasteiger partial charge in [-0.15, -0.1) is 0 Å². The van der Waals surface area contributed by atoms with E-state index in [9.17, 15) is 0 Å². The molecule has 0 aliphatic carbocycles. The molecular weight excluding hydrogens is 280 g/mol. The second kappa shape index (κ2) is 6.13. The monoisotopic (exact) mass is 304 g/mol. The fraction of sp³-hybridized carbons (Fsp3) is 0.714. The summed E-state index contributed by atoms with van der Waals surface area (Å²) in [4.78, 5) is 13.6. The fourth-order valence-electron chi connectivity index (χ4n) is 3.20. The first-order chi connectivity index (χ1) is 10.5. The van der Waals surface area contributed by atoms with Gasteiger partial charge in [0, 0.05) is 39.3 Å². The minimum Gasteiger partial charge on any atom is -0.293 e. The van der Waals surface area contributed by atoms with E-state index in [0.717, 1.165) is 37.8 Å². The van der Waals surface area contributed by atoms with Gasteiger partial charge >= 0.3 is 0 Å². The number of rotatable bonds is 4. The molecule has 0 aromatic carbocycles. The van der Waals surface area contributed by atoms with Gasteiger partial charge in [-0.2, -0.15) is 10.2 Å². The highest BCUT2D eigenvalue weighted by molar-refractivity contribution is 4.93. The van der Waals surface area contributed by atoms with Crippen molar-refractivity contribution < 1.29 is 0 Å². The molecule has 22 heavy (non-hydrogen) atoms. The molecule has 0 radical (unpaired) electrons. The average molecular weight is 304 g/mol. The van der Waals surface area contributed by atoms with Crippen LogP contribution in [0.3, 0.4) is 0 Å². The topological polar surface area (TPSA) is 67.9 Å². The van der Waals surface area contributed by atoms with E-state index in [1.54, 1.807) is 12.7 Å². The van der Waals surface area contributed by atoms with Crippen molar-refractivity contribution in [3.63, 3.8) is 0 Å². The third kappa shape index (κ3) is 3.02. The SMILES string of the molecule is C[C@H]1CN(Cc2ncnn2C)C[C@H](C)N1Cc1ncnn1C. The number of hydrogen-bond acceptors (Lipinski definition) is 6. The smallest absolute Gasteiger partial charge is 0.140 e. The third-order valence-corrected chi connectivity index (χ3v) is 4.48. The molecule has 1 fully saturated rings. The van der Waals surface area contributed by atoms with Crippen LogP contribution in [0.1, 0.15) is 25.5 Å². The normalized spacial score (nSPS) is 24.0. The Kier molecular flexibility index (Phi) is 4.21. The Bertz CT molecular complexity index is 606. The lowest BCUT2D eigenvalue weighted by molar-refractivity contribution is 0.0249. The summed E-state index contributed by atoms with van der Waals surface area (Å²) in [6.07, 6.45) is 3.24. The summed E-state index contributed by atoms with van der Waals surface area (Å²) in [5.74, 6) is 2.03. The molecule has 3 heterocycles. The Morgan fingerprint density at radius 1 is 0.909 bits per heavy atom. The van der Waals surface area contributed by atoms with Gasteiger partial charge in [0.2, 0.25) is 0 Å². The van der Waals surface area contributed by atoms with E-state index < -0.39 is 0 Å². The van der Waals surface area contributed by atoms with Gasteiger partial charge in [0.1, 0.15) is 24.3 Å². The highest BCUT2D eigenvalue weighted by Crippen LogP contribution is 2.19. The first-order valence-electron chi connectivity index (χ1n) is 7.68. The second-order valence-corrected chi connectivity index (χ2v) is 6.16. The van der Waals surface area contributed by atoms with Gasteiger partial charge in [0.05, 0.1) is 13.1 Å². The summed E-state index contributed by atoms with van der Waals surface area (Å²) in [7, 11) is 3.89. The highest BCUT2D eigenvalue weighted by Gasteiger charge is 2.30. The van der Waals surface area contributed by atoms with Gasteiger partial charge in [-0.3, -0.25) is 19.2 Å². The standard InChI is InChI=1S/C14H24N8/c1-11-5-21(7-13-15-9-17-19(13)3)6-12(2)22(11)8-14-16-10-18-20(14)4/h9-12H,5-8H2,1-4H3/t11-,12-/m0/s1. The van der Waals surface area contributed by atoms with E-state index in [0.29, 0.717) is 12.1 Å². The van der Waals surface area contributed by atoms with Gasteiger partial charge in [-0.05, 0) is 13.8 Å². The van der Waals surface area contributed by atoms with Gasteiger partial charge in [-0.1, -0.05) is 0 Å². The molecule has 1 aliphatic heterocycles. The Morgan fingerprint density at radius 3 is 1.86 bits per heavy atom. The van der Waals surface area contributed by atoms with Crippen LogP contribution in [0.25, 0.3) is 0 Å². The maximum atomic E-state index is 4.35. The van der Waals surface area contributed by atoms with E-state index in [4.69, 9.17) is 0 Å². The maximum Gasteiger partial charge on any atom is 0.140 e. The second-order valence-electron chi connectivity index (χ2n) is 6.16. The average Bonchev–Trinajstić information content (AvgIpc) is 3.04. The first kappa shape index (κ1) is 15.1. The van der Waals surface area contributed by atoms with Crippen molar-refractivity contribution in [1.29, 1.82) is 0 Å². The summed E-state index contributed by atoms with van der Waals surface area (Å²) in [5, 5.41) is 8.30. The van der Waals surface area contributed by atoms with Crippen LogP contribution in [0.2, 0.25) is 0 Å². The molecule has 3 rings (SSSR count). The molecule has 0 unspecified atom stereocenters. The number of nitrogens with zero attached hydrogens (tertiary/aromatic N) is 8. The van der Waals surface area contributed by atoms with Crippen LogP contribution in [0.4, 0.5) is 0 Å². The maximum absolute atomic E-state index is 4.35. The van der Waals surface area contributed by atoms with Crippen LogP contribution in [0.15, 0.2) is 12.7 Å². The van der Waals surface area contributed by atoms with Crippen molar-refractivity contribution in [3.8, 4) is 0 Å². The molecule has 8 heteroatoms. The predicted octanol–water partition coefficient (Wildman–Crippen LogP) is 0.0384. The zero-order valence-electron chi connectivity index (χ0n) is 13.7. The van der Waals surface area contributed by atoms with Crippen molar-refractivity contribution in [2.24, 2.45) is 14.1 Å². The van der Waals surface area contributed by atoms with Crippen LogP contribution >= 0.6 is 0 Å². The Labute approximate surface area is 130 Å². The third-order valence-electron chi connectivity index (χ3n) is 4.48. The summed E-state index contributed by atoms with van der Waals surface area (Å²) < 4.78 is 3.70. The molecule has 0 bridgehead atoms. The molecule has 2 aromatic heterocycles. The largest absolute Gasteiger partial charge is 0.293 e. The Morgan fingerprint density at radius 2 is 1.41 bits per heavy atom. The van der Waals surface area contributed by atoms with Crippen LogP contribution in [-0.2, 0) is 27.2 Å². The zero-order chi connectivity index (χ0) is 15.7.